The van der Waals surface area contributed by atoms with Crippen molar-refractivity contribution in [2.75, 3.05) is 6.54 Å². The van der Waals surface area contributed by atoms with E-state index in [1.807, 2.05) is 0 Å². The molecule has 2 unspecified atom stereocenters. The van der Waals surface area contributed by atoms with Gasteiger partial charge in [0.25, 0.3) is 17.6 Å². The number of aromatic nitrogens is 2. The Hall–Kier alpha value is -2.77. The zero-order chi connectivity index (χ0) is 19.0. The second-order valence-electron chi connectivity index (χ2n) is 7.22. The smallest absolute Gasteiger partial charge is 0.296 e. The van der Waals surface area contributed by atoms with Crippen LogP contribution in [0.4, 0.5) is 4.39 Å². The third kappa shape index (κ3) is 3.43. The van der Waals surface area contributed by atoms with Gasteiger partial charge in [-0.05, 0) is 49.9 Å². The van der Waals surface area contributed by atoms with Crippen LogP contribution < -0.4 is 5.32 Å². The number of carbonyl (C=O) groups excluding carboxylic acids is 2. The molecule has 1 saturated heterocycles. The molecule has 2 atom stereocenters. The predicted molar refractivity (Wildman–Crippen MR) is 94.1 cm³/mol. The first-order valence-corrected chi connectivity index (χ1v) is 9.24. The first-order chi connectivity index (χ1) is 13.0. The number of rotatable bonds is 3. The molecular weight excluding hydrogens is 351 g/mol. The number of hydrogen-bond donors (Lipinski definition) is 1. The van der Waals surface area contributed by atoms with Crippen LogP contribution in [0.1, 0.15) is 43.2 Å². The standard InChI is InChI=1S/C19H21FN4O3/c1-11-17(25)21-15(12-4-2-3-5-12)10-24(11)19(26)16-22-18(27-23-16)13-6-8-14(20)9-7-13/h6-9,11-12,15H,2-5,10H2,1H3,(H,21,25). The Kier molecular flexibility index (Phi) is 4.63. The monoisotopic (exact) mass is 372 g/mol. The number of amides is 2. The minimum Gasteiger partial charge on any atom is -0.350 e. The largest absolute Gasteiger partial charge is 0.350 e. The molecule has 0 radical (unpaired) electrons. The summed E-state index contributed by atoms with van der Waals surface area (Å²) in [5, 5.41) is 6.82. The van der Waals surface area contributed by atoms with E-state index in [1.165, 1.54) is 29.2 Å². The van der Waals surface area contributed by atoms with Crippen LogP contribution in [0.5, 0.6) is 0 Å². The molecule has 1 saturated carbocycles. The first-order valence-electron chi connectivity index (χ1n) is 9.24. The number of piperazine rings is 1. The maximum atomic E-state index is 13.1. The number of hydrogen-bond acceptors (Lipinski definition) is 5. The van der Waals surface area contributed by atoms with Crippen LogP contribution in [-0.4, -0.2) is 45.5 Å². The number of nitrogens with zero attached hydrogens (tertiary/aromatic N) is 3. The fourth-order valence-electron chi connectivity index (χ4n) is 3.89. The third-order valence-electron chi connectivity index (χ3n) is 5.51. The van der Waals surface area contributed by atoms with E-state index in [0.717, 1.165) is 25.7 Å². The summed E-state index contributed by atoms with van der Waals surface area (Å²) in [5.41, 5.74) is 0.524. The van der Waals surface area contributed by atoms with Crippen LogP contribution in [0.3, 0.4) is 0 Å². The Morgan fingerprint density at radius 2 is 1.96 bits per heavy atom. The zero-order valence-electron chi connectivity index (χ0n) is 15.0. The molecule has 7 nitrogen and oxygen atoms in total. The van der Waals surface area contributed by atoms with Gasteiger partial charge in [0.2, 0.25) is 5.91 Å². The average Bonchev–Trinajstić information content (AvgIpc) is 3.36. The van der Waals surface area contributed by atoms with Gasteiger partial charge < -0.3 is 14.7 Å². The van der Waals surface area contributed by atoms with Crippen LogP contribution in [0.15, 0.2) is 28.8 Å². The lowest BCUT2D eigenvalue weighted by atomic mass is 9.94. The van der Waals surface area contributed by atoms with Crippen molar-refractivity contribution in [1.82, 2.24) is 20.4 Å². The predicted octanol–water partition coefficient (Wildman–Crippen LogP) is 2.40. The molecule has 0 spiro atoms. The Balaban J connectivity index is 1.54. The molecule has 142 valence electrons. The first kappa shape index (κ1) is 17.6. The molecule has 0 bridgehead atoms. The quantitative estimate of drug-likeness (QED) is 0.894. The number of halogens is 1. The van der Waals surface area contributed by atoms with Crippen LogP contribution in [0, 0.1) is 11.7 Å². The molecule has 1 aliphatic heterocycles. The lowest BCUT2D eigenvalue weighted by Crippen LogP contribution is -2.62. The summed E-state index contributed by atoms with van der Waals surface area (Å²) in [5.74, 6) is -0.524. The van der Waals surface area contributed by atoms with Gasteiger partial charge in [0, 0.05) is 18.2 Å². The summed E-state index contributed by atoms with van der Waals surface area (Å²) < 4.78 is 18.2. The minimum absolute atomic E-state index is 0.0383. The number of nitrogens with one attached hydrogen (secondary N) is 1. The SMILES string of the molecule is CC1C(=O)NC(C2CCCC2)CN1C(=O)c1noc(-c2ccc(F)cc2)n1. The Bertz CT molecular complexity index is 845. The second-order valence-corrected chi connectivity index (χ2v) is 7.22. The molecule has 1 aliphatic carbocycles. The van der Waals surface area contributed by atoms with Crippen molar-refractivity contribution in [3.8, 4) is 11.5 Å². The Morgan fingerprint density at radius 1 is 1.26 bits per heavy atom. The lowest BCUT2D eigenvalue weighted by molar-refractivity contribution is -0.129. The van der Waals surface area contributed by atoms with Crippen LogP contribution in [0.2, 0.25) is 0 Å². The number of carbonyl (C=O) groups is 2. The van der Waals surface area contributed by atoms with E-state index in [-0.39, 0.29) is 29.5 Å². The van der Waals surface area contributed by atoms with Gasteiger partial charge in [0.15, 0.2) is 0 Å². The van der Waals surface area contributed by atoms with Gasteiger partial charge in [-0.2, -0.15) is 4.98 Å². The normalized spacial score (nSPS) is 23.5. The molecular formula is C19H21FN4O3. The van der Waals surface area contributed by atoms with E-state index in [9.17, 15) is 14.0 Å². The van der Waals surface area contributed by atoms with E-state index in [2.05, 4.69) is 15.5 Å². The van der Waals surface area contributed by atoms with E-state index >= 15 is 0 Å². The summed E-state index contributed by atoms with van der Waals surface area (Å²) in [6.07, 6.45) is 4.45. The fraction of sp³-hybridized carbons (Fsp3) is 0.474. The van der Waals surface area contributed by atoms with Crippen molar-refractivity contribution in [2.45, 2.75) is 44.7 Å². The maximum absolute atomic E-state index is 13.1. The van der Waals surface area contributed by atoms with Gasteiger partial charge in [-0.1, -0.05) is 18.0 Å². The van der Waals surface area contributed by atoms with E-state index in [0.29, 0.717) is 18.0 Å². The van der Waals surface area contributed by atoms with Crippen LogP contribution in [-0.2, 0) is 4.79 Å². The average molecular weight is 372 g/mol. The second kappa shape index (κ2) is 7.09. The minimum atomic E-state index is -0.595. The summed E-state index contributed by atoms with van der Waals surface area (Å²) in [4.78, 5) is 30.9. The van der Waals surface area contributed by atoms with Crippen molar-refractivity contribution in [1.29, 1.82) is 0 Å². The highest BCUT2D eigenvalue weighted by Crippen LogP contribution is 2.30. The Morgan fingerprint density at radius 3 is 2.67 bits per heavy atom. The van der Waals surface area contributed by atoms with Gasteiger partial charge in [-0.15, -0.1) is 0 Å². The van der Waals surface area contributed by atoms with Gasteiger partial charge >= 0.3 is 0 Å². The Labute approximate surface area is 155 Å². The summed E-state index contributed by atoms with van der Waals surface area (Å²) in [6, 6.07) is 4.94. The fourth-order valence-corrected chi connectivity index (χ4v) is 3.89. The lowest BCUT2D eigenvalue weighted by Gasteiger charge is -2.39. The van der Waals surface area contributed by atoms with Crippen molar-refractivity contribution >= 4 is 11.8 Å². The van der Waals surface area contributed by atoms with Crippen molar-refractivity contribution < 1.29 is 18.5 Å². The molecule has 1 N–H and O–H groups in total. The molecule has 2 amide bonds. The van der Waals surface area contributed by atoms with E-state index < -0.39 is 11.9 Å². The molecule has 2 heterocycles. The van der Waals surface area contributed by atoms with Gasteiger partial charge in [-0.25, -0.2) is 4.39 Å². The van der Waals surface area contributed by atoms with Gasteiger partial charge in [-0.3, -0.25) is 9.59 Å². The summed E-state index contributed by atoms with van der Waals surface area (Å²) in [7, 11) is 0. The zero-order valence-corrected chi connectivity index (χ0v) is 15.0. The van der Waals surface area contributed by atoms with E-state index in [1.54, 1.807) is 6.92 Å². The summed E-state index contributed by atoms with van der Waals surface area (Å²) in [6.45, 7) is 2.13. The number of benzene rings is 1. The maximum Gasteiger partial charge on any atom is 0.296 e. The molecule has 27 heavy (non-hydrogen) atoms. The topological polar surface area (TPSA) is 88.3 Å². The molecule has 1 aromatic carbocycles. The highest BCUT2D eigenvalue weighted by atomic mass is 19.1. The van der Waals surface area contributed by atoms with Crippen molar-refractivity contribution in [3.63, 3.8) is 0 Å². The van der Waals surface area contributed by atoms with Crippen LogP contribution in [0.25, 0.3) is 11.5 Å². The van der Waals surface area contributed by atoms with E-state index in [4.69, 9.17) is 4.52 Å². The molecule has 2 fully saturated rings. The van der Waals surface area contributed by atoms with Gasteiger partial charge in [0.1, 0.15) is 11.9 Å². The molecule has 4 rings (SSSR count). The van der Waals surface area contributed by atoms with Crippen LogP contribution >= 0.6 is 0 Å². The van der Waals surface area contributed by atoms with Crippen molar-refractivity contribution in [3.05, 3.63) is 35.9 Å². The third-order valence-corrected chi connectivity index (χ3v) is 5.51. The highest BCUT2D eigenvalue weighted by molar-refractivity contribution is 5.95. The van der Waals surface area contributed by atoms with Crippen molar-refractivity contribution in [2.24, 2.45) is 5.92 Å². The molecule has 8 heteroatoms. The molecule has 2 aromatic rings. The highest BCUT2D eigenvalue weighted by Gasteiger charge is 2.39. The molecule has 1 aromatic heterocycles. The molecule has 2 aliphatic rings. The van der Waals surface area contributed by atoms with Gasteiger partial charge in [0.05, 0.1) is 0 Å². The summed E-state index contributed by atoms with van der Waals surface area (Å²) >= 11 is 0.